The topological polar surface area (TPSA) is 20.2 Å². The second-order valence-electron chi connectivity index (χ2n) is 5.88. The zero-order chi connectivity index (χ0) is 10.4. The van der Waals surface area contributed by atoms with E-state index < -0.39 is 13.7 Å². The van der Waals surface area contributed by atoms with Crippen LogP contribution in [0.25, 0.3) is 0 Å². The van der Waals surface area contributed by atoms with E-state index in [0.717, 1.165) is 12.8 Å². The Hall–Kier alpha value is -0.343. The van der Waals surface area contributed by atoms with Gasteiger partial charge in [0.1, 0.15) is 0 Å². The zero-order valence-corrected chi connectivity index (χ0v) is 10.3. The highest BCUT2D eigenvalue weighted by Gasteiger charge is 2.45. The molecule has 0 heterocycles. The first-order valence-corrected chi connectivity index (χ1v) is 9.08. The third-order valence-corrected chi connectivity index (χ3v) is 4.44. The molecule has 0 saturated heterocycles. The first-order chi connectivity index (χ1) is 6.39. The van der Waals surface area contributed by atoms with Crippen LogP contribution in [-0.4, -0.2) is 18.8 Å². The zero-order valence-electron chi connectivity index (χ0n) is 9.33. The standard InChI is InChI=1S/C12H20OSi/c1-14(2,3)7-6-12(13)9-10-4-5-11(12)8-10/h4-7,10-11,13H,8-9H2,1-3H3/b7-6+. The van der Waals surface area contributed by atoms with Gasteiger partial charge in [-0.15, -0.1) is 0 Å². The van der Waals surface area contributed by atoms with Gasteiger partial charge in [-0.1, -0.05) is 43.6 Å². The Morgan fingerprint density at radius 1 is 1.36 bits per heavy atom. The van der Waals surface area contributed by atoms with Crippen LogP contribution >= 0.6 is 0 Å². The Morgan fingerprint density at radius 2 is 2.07 bits per heavy atom. The van der Waals surface area contributed by atoms with Crippen molar-refractivity contribution in [3.63, 3.8) is 0 Å². The molecule has 2 aliphatic carbocycles. The van der Waals surface area contributed by atoms with Crippen molar-refractivity contribution in [2.75, 3.05) is 0 Å². The van der Waals surface area contributed by atoms with E-state index in [1.807, 2.05) is 0 Å². The molecule has 14 heavy (non-hydrogen) atoms. The smallest absolute Gasteiger partial charge is 0.0892 e. The van der Waals surface area contributed by atoms with Crippen molar-refractivity contribution in [3.05, 3.63) is 23.9 Å². The van der Waals surface area contributed by atoms with E-state index >= 15 is 0 Å². The number of hydrogen-bond donors (Lipinski definition) is 1. The minimum Gasteiger partial charge on any atom is -0.385 e. The van der Waals surface area contributed by atoms with Crippen LogP contribution in [0.15, 0.2) is 23.9 Å². The van der Waals surface area contributed by atoms with E-state index in [1.165, 1.54) is 0 Å². The Balaban J connectivity index is 2.12. The molecule has 3 atom stereocenters. The summed E-state index contributed by atoms with van der Waals surface area (Å²) in [6.45, 7) is 6.90. The van der Waals surface area contributed by atoms with Crippen molar-refractivity contribution >= 4 is 8.07 Å². The molecule has 0 amide bonds. The van der Waals surface area contributed by atoms with Gasteiger partial charge in [-0.2, -0.15) is 0 Å². The lowest BCUT2D eigenvalue weighted by atomic mass is 9.89. The number of rotatable bonds is 2. The molecule has 1 N–H and O–H groups in total. The van der Waals surface area contributed by atoms with Gasteiger partial charge in [-0.25, -0.2) is 0 Å². The molecule has 1 fully saturated rings. The first-order valence-electron chi connectivity index (χ1n) is 5.50. The minimum atomic E-state index is -1.16. The third kappa shape index (κ3) is 1.86. The summed E-state index contributed by atoms with van der Waals surface area (Å²) >= 11 is 0. The summed E-state index contributed by atoms with van der Waals surface area (Å²) in [5.74, 6) is 1.02. The van der Waals surface area contributed by atoms with Crippen LogP contribution in [0.3, 0.4) is 0 Å². The molecule has 0 aromatic carbocycles. The van der Waals surface area contributed by atoms with Gasteiger partial charge in [0, 0.05) is 5.92 Å². The summed E-state index contributed by atoms with van der Waals surface area (Å²) in [7, 11) is -1.16. The van der Waals surface area contributed by atoms with Crippen LogP contribution in [0, 0.1) is 11.8 Å². The largest absolute Gasteiger partial charge is 0.385 e. The van der Waals surface area contributed by atoms with Crippen molar-refractivity contribution in [2.45, 2.75) is 38.1 Å². The van der Waals surface area contributed by atoms with Crippen molar-refractivity contribution in [3.8, 4) is 0 Å². The maximum Gasteiger partial charge on any atom is 0.0892 e. The molecular weight excluding hydrogens is 188 g/mol. The lowest BCUT2D eigenvalue weighted by molar-refractivity contribution is 0.0650. The monoisotopic (exact) mass is 208 g/mol. The van der Waals surface area contributed by atoms with Gasteiger partial charge in [0.25, 0.3) is 0 Å². The van der Waals surface area contributed by atoms with Crippen LogP contribution in [0.2, 0.25) is 19.6 Å². The Morgan fingerprint density at radius 3 is 2.50 bits per heavy atom. The highest BCUT2D eigenvalue weighted by atomic mass is 28.3. The molecule has 2 bridgehead atoms. The summed E-state index contributed by atoms with van der Waals surface area (Å²) in [5.41, 5.74) is 1.77. The van der Waals surface area contributed by atoms with E-state index in [1.54, 1.807) is 0 Å². The Kier molecular flexibility index (Phi) is 2.24. The molecule has 2 aliphatic rings. The maximum absolute atomic E-state index is 10.4. The maximum atomic E-state index is 10.4. The van der Waals surface area contributed by atoms with Crippen LogP contribution in [-0.2, 0) is 0 Å². The van der Waals surface area contributed by atoms with Crippen molar-refractivity contribution in [1.29, 1.82) is 0 Å². The molecule has 0 aromatic rings. The molecule has 1 saturated carbocycles. The first kappa shape index (κ1) is 10.2. The lowest BCUT2D eigenvalue weighted by Gasteiger charge is -2.27. The summed E-state index contributed by atoms with van der Waals surface area (Å²) in [4.78, 5) is 0. The van der Waals surface area contributed by atoms with Crippen molar-refractivity contribution < 1.29 is 5.11 Å². The molecule has 3 unspecified atom stereocenters. The predicted molar refractivity (Wildman–Crippen MR) is 62.8 cm³/mol. The van der Waals surface area contributed by atoms with Crippen molar-refractivity contribution in [2.24, 2.45) is 11.8 Å². The van der Waals surface area contributed by atoms with E-state index in [4.69, 9.17) is 0 Å². The fraction of sp³-hybridized carbons (Fsp3) is 0.667. The summed E-state index contributed by atoms with van der Waals surface area (Å²) in [6, 6.07) is 0. The van der Waals surface area contributed by atoms with Crippen molar-refractivity contribution in [1.82, 2.24) is 0 Å². The number of aliphatic hydroxyl groups is 1. The van der Waals surface area contributed by atoms with E-state index in [-0.39, 0.29) is 0 Å². The van der Waals surface area contributed by atoms with Gasteiger partial charge in [-0.05, 0) is 18.8 Å². The predicted octanol–water partition coefficient (Wildman–Crippen LogP) is 2.75. The average molecular weight is 208 g/mol. The fourth-order valence-electron chi connectivity index (χ4n) is 2.45. The van der Waals surface area contributed by atoms with Gasteiger partial charge < -0.3 is 5.11 Å². The van der Waals surface area contributed by atoms with E-state index in [2.05, 4.69) is 43.6 Å². The fourth-order valence-corrected chi connectivity index (χ4v) is 3.24. The molecule has 78 valence electrons. The molecule has 0 radical (unpaired) electrons. The average Bonchev–Trinajstić information content (AvgIpc) is 2.59. The third-order valence-electron chi connectivity index (χ3n) is 3.28. The van der Waals surface area contributed by atoms with Gasteiger partial charge >= 0.3 is 0 Å². The van der Waals surface area contributed by atoms with Gasteiger partial charge in [0.05, 0.1) is 13.7 Å². The lowest BCUT2D eigenvalue weighted by Crippen LogP contribution is -2.32. The summed E-state index contributed by atoms with van der Waals surface area (Å²) in [6.07, 6.45) is 8.65. The van der Waals surface area contributed by atoms with E-state index in [0.29, 0.717) is 11.8 Å². The van der Waals surface area contributed by atoms with Crippen LogP contribution in [0.1, 0.15) is 12.8 Å². The number of hydrogen-bond acceptors (Lipinski definition) is 1. The summed E-state index contributed by atoms with van der Waals surface area (Å²) in [5, 5.41) is 10.4. The Bertz CT molecular complexity index is 287. The minimum absolute atomic E-state index is 0.389. The summed E-state index contributed by atoms with van der Waals surface area (Å²) < 4.78 is 0. The molecular formula is C12H20OSi. The van der Waals surface area contributed by atoms with E-state index in [9.17, 15) is 5.11 Å². The number of allylic oxidation sites excluding steroid dienone is 1. The Labute approximate surface area is 87.5 Å². The highest BCUT2D eigenvalue weighted by molar-refractivity contribution is 6.80. The second kappa shape index (κ2) is 3.07. The molecule has 2 rings (SSSR count). The SMILES string of the molecule is C[Si](C)(C)/C=C/C1(O)CC2C=CC1C2. The highest BCUT2D eigenvalue weighted by Crippen LogP contribution is 2.47. The van der Waals surface area contributed by atoms with Gasteiger partial charge in [0.2, 0.25) is 0 Å². The number of fused-ring (bicyclic) bond motifs is 2. The second-order valence-corrected chi connectivity index (χ2v) is 10.9. The molecule has 1 nitrogen and oxygen atoms in total. The van der Waals surface area contributed by atoms with Gasteiger partial charge in [0.15, 0.2) is 0 Å². The van der Waals surface area contributed by atoms with Crippen LogP contribution in [0.4, 0.5) is 0 Å². The van der Waals surface area contributed by atoms with Crippen LogP contribution in [0.5, 0.6) is 0 Å². The normalized spacial score (nSPS) is 41.4. The molecule has 2 heteroatoms. The van der Waals surface area contributed by atoms with Crippen LogP contribution < -0.4 is 0 Å². The quantitative estimate of drug-likeness (QED) is 0.546. The molecule has 0 aliphatic heterocycles. The van der Waals surface area contributed by atoms with Gasteiger partial charge in [-0.3, -0.25) is 0 Å². The molecule has 0 spiro atoms. The molecule has 0 aromatic heterocycles.